The summed E-state index contributed by atoms with van der Waals surface area (Å²) in [5.41, 5.74) is 4.57. The van der Waals surface area contributed by atoms with Gasteiger partial charge < -0.3 is 10.2 Å². The molecule has 0 unspecified atom stereocenters. The van der Waals surface area contributed by atoms with E-state index < -0.39 is 0 Å². The van der Waals surface area contributed by atoms with Crippen molar-refractivity contribution in [2.75, 3.05) is 7.05 Å². The molecule has 0 radical (unpaired) electrons. The topological polar surface area (TPSA) is 71.0 Å². The lowest BCUT2D eigenvalue weighted by molar-refractivity contribution is 0.205. The number of carbonyl (C=O) groups is 1. The summed E-state index contributed by atoms with van der Waals surface area (Å²) in [6, 6.07) is 3.84. The second-order valence-electron chi connectivity index (χ2n) is 5.44. The van der Waals surface area contributed by atoms with Gasteiger partial charge in [0.25, 0.3) is 0 Å². The first-order valence-corrected chi connectivity index (χ1v) is 7.14. The average Bonchev–Trinajstić information content (AvgIpc) is 2.45. The Labute approximate surface area is 130 Å². The van der Waals surface area contributed by atoms with Crippen molar-refractivity contribution < 1.29 is 4.79 Å². The number of urea groups is 1. The maximum atomic E-state index is 12.1. The van der Waals surface area contributed by atoms with Crippen molar-refractivity contribution >= 4 is 6.03 Å². The van der Waals surface area contributed by atoms with Crippen LogP contribution in [-0.2, 0) is 13.1 Å². The first kappa shape index (κ1) is 15.9. The first-order valence-electron chi connectivity index (χ1n) is 7.14. The molecule has 2 amide bonds. The van der Waals surface area contributed by atoms with Crippen molar-refractivity contribution in [1.29, 1.82) is 0 Å². The van der Waals surface area contributed by atoms with Gasteiger partial charge in [-0.2, -0.15) is 0 Å². The molecule has 1 N–H and O–H groups in total. The molecular formula is C16H21N5O. The maximum Gasteiger partial charge on any atom is 0.317 e. The number of hydrogen-bond donors (Lipinski definition) is 1. The molecule has 116 valence electrons. The molecule has 0 aliphatic carbocycles. The lowest BCUT2D eigenvalue weighted by Gasteiger charge is -2.18. The minimum Gasteiger partial charge on any atom is -0.332 e. The summed E-state index contributed by atoms with van der Waals surface area (Å²) in [4.78, 5) is 26.5. The van der Waals surface area contributed by atoms with Crippen molar-refractivity contribution in [3.05, 3.63) is 52.9 Å². The Morgan fingerprint density at radius 3 is 2.50 bits per heavy atom. The number of carbonyl (C=O) groups excluding carboxylic acids is 1. The zero-order valence-electron chi connectivity index (χ0n) is 13.4. The molecule has 2 rings (SSSR count). The second-order valence-corrected chi connectivity index (χ2v) is 5.44. The Morgan fingerprint density at radius 1 is 1.09 bits per heavy atom. The zero-order valence-corrected chi connectivity index (χ0v) is 13.4. The minimum atomic E-state index is -0.164. The van der Waals surface area contributed by atoms with Crippen molar-refractivity contribution in [3.63, 3.8) is 0 Å². The predicted molar refractivity (Wildman–Crippen MR) is 84.2 cm³/mol. The summed E-state index contributed by atoms with van der Waals surface area (Å²) >= 11 is 0. The monoisotopic (exact) mass is 299 g/mol. The van der Waals surface area contributed by atoms with E-state index in [1.54, 1.807) is 24.3 Å². The standard InChI is InChI=1S/C16H21N5O/c1-11-5-12(2)20-14(6-11)10-21(4)16(22)19-9-15-8-17-13(3)7-18-15/h5-8H,9-10H2,1-4H3,(H,19,22). The second kappa shape index (κ2) is 6.98. The van der Waals surface area contributed by atoms with Crippen LogP contribution >= 0.6 is 0 Å². The van der Waals surface area contributed by atoms with Crippen LogP contribution in [0.4, 0.5) is 4.79 Å². The number of hydrogen-bond acceptors (Lipinski definition) is 4. The van der Waals surface area contributed by atoms with Crippen LogP contribution in [0.25, 0.3) is 0 Å². The highest BCUT2D eigenvalue weighted by molar-refractivity contribution is 5.73. The minimum absolute atomic E-state index is 0.164. The number of nitrogens with one attached hydrogen (secondary N) is 1. The summed E-state index contributed by atoms with van der Waals surface area (Å²) in [5, 5.41) is 2.82. The first-order chi connectivity index (χ1) is 10.4. The fourth-order valence-corrected chi connectivity index (χ4v) is 2.13. The normalized spacial score (nSPS) is 10.4. The summed E-state index contributed by atoms with van der Waals surface area (Å²) in [5.74, 6) is 0. The van der Waals surface area contributed by atoms with Crippen LogP contribution in [0.5, 0.6) is 0 Å². The smallest absolute Gasteiger partial charge is 0.317 e. The molecule has 2 heterocycles. The van der Waals surface area contributed by atoms with Gasteiger partial charge in [-0.05, 0) is 38.5 Å². The summed E-state index contributed by atoms with van der Waals surface area (Å²) in [7, 11) is 1.75. The molecule has 0 aliphatic rings. The van der Waals surface area contributed by atoms with Crippen LogP contribution in [-0.4, -0.2) is 32.9 Å². The van der Waals surface area contributed by atoms with Gasteiger partial charge >= 0.3 is 6.03 Å². The average molecular weight is 299 g/mol. The van der Waals surface area contributed by atoms with Gasteiger partial charge in [0.05, 0.1) is 36.4 Å². The molecule has 2 aromatic rings. The third-order valence-electron chi connectivity index (χ3n) is 3.15. The molecule has 0 aliphatic heterocycles. The third-order valence-corrected chi connectivity index (χ3v) is 3.15. The van der Waals surface area contributed by atoms with Gasteiger partial charge in [0.15, 0.2) is 0 Å². The number of aromatic nitrogens is 3. The Kier molecular flexibility index (Phi) is 5.04. The van der Waals surface area contributed by atoms with E-state index in [1.165, 1.54) is 0 Å². The summed E-state index contributed by atoms with van der Waals surface area (Å²) < 4.78 is 0. The molecule has 6 heteroatoms. The van der Waals surface area contributed by atoms with Crippen LogP contribution in [0.2, 0.25) is 0 Å². The highest BCUT2D eigenvalue weighted by atomic mass is 16.2. The quantitative estimate of drug-likeness (QED) is 0.939. The van der Waals surface area contributed by atoms with Crippen LogP contribution in [0.3, 0.4) is 0 Å². The molecule has 0 aromatic carbocycles. The lowest BCUT2D eigenvalue weighted by atomic mass is 10.2. The summed E-state index contributed by atoms with van der Waals surface area (Å²) in [6.07, 6.45) is 3.35. The van der Waals surface area contributed by atoms with Gasteiger partial charge in [0.2, 0.25) is 0 Å². The molecule has 22 heavy (non-hydrogen) atoms. The third kappa shape index (κ3) is 4.51. The SMILES string of the molecule is Cc1cc(C)nc(CN(C)C(=O)NCc2cnc(C)cn2)c1. The zero-order chi connectivity index (χ0) is 16.1. The molecule has 2 aromatic heterocycles. The van der Waals surface area contributed by atoms with E-state index in [-0.39, 0.29) is 6.03 Å². The molecule has 0 saturated carbocycles. The van der Waals surface area contributed by atoms with Crippen LogP contribution in [0, 0.1) is 20.8 Å². The van der Waals surface area contributed by atoms with Crippen molar-refractivity contribution in [2.45, 2.75) is 33.9 Å². The Hall–Kier alpha value is -2.50. The predicted octanol–water partition coefficient (Wildman–Crippen LogP) is 2.14. The fraction of sp³-hybridized carbons (Fsp3) is 0.375. The van der Waals surface area contributed by atoms with Crippen LogP contribution in [0.15, 0.2) is 24.5 Å². The van der Waals surface area contributed by atoms with E-state index in [4.69, 9.17) is 0 Å². The number of pyridine rings is 1. The summed E-state index contributed by atoms with van der Waals surface area (Å²) in [6.45, 7) is 6.67. The van der Waals surface area contributed by atoms with Gasteiger partial charge in [0.1, 0.15) is 0 Å². The number of rotatable bonds is 4. The Morgan fingerprint density at radius 2 is 1.86 bits per heavy atom. The lowest BCUT2D eigenvalue weighted by Crippen LogP contribution is -2.36. The van der Waals surface area contributed by atoms with Gasteiger partial charge in [-0.3, -0.25) is 15.0 Å². The molecule has 0 atom stereocenters. The molecular weight excluding hydrogens is 278 g/mol. The van der Waals surface area contributed by atoms with Crippen molar-refractivity contribution in [2.24, 2.45) is 0 Å². The number of aryl methyl sites for hydroxylation is 3. The van der Waals surface area contributed by atoms with Gasteiger partial charge in [-0.1, -0.05) is 0 Å². The maximum absolute atomic E-state index is 12.1. The van der Waals surface area contributed by atoms with Crippen molar-refractivity contribution in [1.82, 2.24) is 25.2 Å². The van der Waals surface area contributed by atoms with Gasteiger partial charge in [-0.25, -0.2) is 4.79 Å². The van der Waals surface area contributed by atoms with Gasteiger partial charge in [0, 0.05) is 18.9 Å². The van der Waals surface area contributed by atoms with E-state index in [0.29, 0.717) is 13.1 Å². The number of amides is 2. The molecule has 0 spiro atoms. The largest absolute Gasteiger partial charge is 0.332 e. The van der Waals surface area contributed by atoms with Crippen LogP contribution in [0.1, 0.15) is 28.3 Å². The van der Waals surface area contributed by atoms with E-state index in [0.717, 1.165) is 28.3 Å². The van der Waals surface area contributed by atoms with Gasteiger partial charge in [-0.15, -0.1) is 0 Å². The Bertz CT molecular complexity index is 634. The number of nitrogens with zero attached hydrogens (tertiary/aromatic N) is 4. The fourth-order valence-electron chi connectivity index (χ4n) is 2.13. The van der Waals surface area contributed by atoms with Crippen LogP contribution < -0.4 is 5.32 Å². The molecule has 6 nitrogen and oxygen atoms in total. The molecule has 0 saturated heterocycles. The molecule has 0 bridgehead atoms. The Balaban J connectivity index is 1.90. The highest BCUT2D eigenvalue weighted by Crippen LogP contribution is 2.06. The van der Waals surface area contributed by atoms with E-state index in [1.807, 2.05) is 32.9 Å². The van der Waals surface area contributed by atoms with Crippen molar-refractivity contribution in [3.8, 4) is 0 Å². The van der Waals surface area contributed by atoms with E-state index >= 15 is 0 Å². The highest BCUT2D eigenvalue weighted by Gasteiger charge is 2.10. The van der Waals surface area contributed by atoms with E-state index in [2.05, 4.69) is 20.3 Å². The molecule has 0 fully saturated rings. The van der Waals surface area contributed by atoms with E-state index in [9.17, 15) is 4.79 Å².